The molecule has 3 aromatic rings. The highest BCUT2D eigenvalue weighted by molar-refractivity contribution is 6.32. The van der Waals surface area contributed by atoms with Gasteiger partial charge in [0, 0.05) is 25.1 Å². The predicted molar refractivity (Wildman–Crippen MR) is 105 cm³/mol. The topological polar surface area (TPSA) is 102 Å². The van der Waals surface area contributed by atoms with E-state index in [1.807, 2.05) is 4.90 Å². The van der Waals surface area contributed by atoms with Crippen LogP contribution in [0.2, 0.25) is 5.02 Å². The van der Waals surface area contributed by atoms with E-state index in [9.17, 15) is 4.79 Å². The zero-order valence-electron chi connectivity index (χ0n) is 16.0. The Kier molecular flexibility index (Phi) is 4.09. The molecule has 2 bridgehead atoms. The summed E-state index contributed by atoms with van der Waals surface area (Å²) >= 11 is 6.27. The highest BCUT2D eigenvalue weighted by atomic mass is 35.5. The van der Waals surface area contributed by atoms with Gasteiger partial charge in [-0.3, -0.25) is 0 Å². The summed E-state index contributed by atoms with van der Waals surface area (Å²) in [6.07, 6.45) is 5.75. The third-order valence-electron chi connectivity index (χ3n) is 5.73. The van der Waals surface area contributed by atoms with Crippen molar-refractivity contribution in [2.75, 3.05) is 5.32 Å². The maximum atomic E-state index is 13.2. The van der Waals surface area contributed by atoms with Crippen molar-refractivity contribution in [2.45, 2.75) is 44.7 Å². The molecule has 1 saturated heterocycles. The number of fused-ring (bicyclic) bond motifs is 2. The minimum Gasteiger partial charge on any atom is -0.423 e. The van der Waals surface area contributed by atoms with E-state index in [2.05, 4.69) is 32.6 Å². The van der Waals surface area contributed by atoms with E-state index >= 15 is 0 Å². The number of aryl methyl sites for hydroxylation is 1. The number of rotatable bonds is 3. The molecule has 0 spiro atoms. The third-order valence-corrected chi connectivity index (χ3v) is 6.05. The van der Waals surface area contributed by atoms with E-state index in [0.29, 0.717) is 34.1 Å². The smallest absolute Gasteiger partial charge is 0.323 e. The maximum Gasteiger partial charge on any atom is 0.323 e. The van der Waals surface area contributed by atoms with Crippen LogP contribution in [0.25, 0.3) is 5.69 Å². The number of aromatic nitrogens is 5. The minimum atomic E-state index is -0.535. The van der Waals surface area contributed by atoms with Gasteiger partial charge in [-0.05, 0) is 37.0 Å². The molecule has 3 heterocycles. The summed E-state index contributed by atoms with van der Waals surface area (Å²) in [6, 6.07) is 5.19. The summed E-state index contributed by atoms with van der Waals surface area (Å²) in [5.41, 5.74) is 0.669. The average Bonchev–Trinajstić information content (AvgIpc) is 3.34. The lowest BCUT2D eigenvalue weighted by molar-refractivity contribution is -0.110. The second kappa shape index (κ2) is 6.55. The number of hydrogen-bond donors (Lipinski definition) is 1. The van der Waals surface area contributed by atoms with Crippen LogP contribution in [0.15, 0.2) is 35.0 Å². The standard InChI is InChI=1S/C19H20ClN7O2/c1-11-7-14-10-19(9-11,17-25-24-12(2)29-17)26(14)18(28)23-13-3-4-15(20)16(8-13)27-21-5-6-22-27/h3-6,8,11,14H,7,9-10H2,1-2H3,(H,23,28)/t11-,14+,19-/m1/s1. The van der Waals surface area contributed by atoms with Crippen molar-refractivity contribution in [3.8, 4) is 5.69 Å². The van der Waals surface area contributed by atoms with Gasteiger partial charge in [0.25, 0.3) is 0 Å². The Morgan fingerprint density at radius 2 is 2.07 bits per heavy atom. The number of benzene rings is 1. The molecule has 0 unspecified atom stereocenters. The van der Waals surface area contributed by atoms with Crippen LogP contribution in [0, 0.1) is 12.8 Å². The number of hydrogen-bond acceptors (Lipinski definition) is 6. The number of nitrogens with zero attached hydrogens (tertiary/aromatic N) is 6. The van der Waals surface area contributed by atoms with Gasteiger partial charge in [-0.15, -0.1) is 10.2 Å². The number of carbonyl (C=O) groups excluding carboxylic acids is 1. The van der Waals surface area contributed by atoms with E-state index < -0.39 is 5.54 Å². The van der Waals surface area contributed by atoms with Gasteiger partial charge in [0.05, 0.1) is 17.4 Å². The highest BCUT2D eigenvalue weighted by Gasteiger charge is 2.62. The third kappa shape index (κ3) is 2.88. The Bertz CT molecular complexity index is 1070. The lowest BCUT2D eigenvalue weighted by Crippen LogP contribution is -2.70. The van der Waals surface area contributed by atoms with Crippen LogP contribution in [0.1, 0.15) is 38.0 Å². The molecule has 1 aliphatic carbocycles. The number of amides is 2. The first-order valence-corrected chi connectivity index (χ1v) is 9.91. The molecule has 2 amide bonds. The van der Waals surface area contributed by atoms with Gasteiger partial charge in [-0.2, -0.15) is 15.0 Å². The fraction of sp³-hybridized carbons (Fsp3) is 0.421. The summed E-state index contributed by atoms with van der Waals surface area (Å²) in [4.78, 5) is 16.5. The number of anilines is 1. The normalized spacial score (nSPS) is 25.6. The number of likely N-dealkylation sites (tertiary alicyclic amines) is 1. The molecule has 2 aliphatic rings. The predicted octanol–water partition coefficient (Wildman–Crippen LogP) is 3.54. The first kappa shape index (κ1) is 18.1. The number of nitrogens with one attached hydrogen (secondary N) is 1. The highest BCUT2D eigenvalue weighted by Crippen LogP contribution is 2.55. The van der Waals surface area contributed by atoms with E-state index in [-0.39, 0.29) is 12.1 Å². The van der Waals surface area contributed by atoms with Crippen molar-refractivity contribution < 1.29 is 9.21 Å². The number of piperidine rings is 1. The number of carbonyl (C=O) groups is 1. The van der Waals surface area contributed by atoms with E-state index in [1.54, 1.807) is 37.5 Å². The van der Waals surface area contributed by atoms with E-state index in [1.165, 1.54) is 4.80 Å². The van der Waals surface area contributed by atoms with Crippen molar-refractivity contribution in [1.29, 1.82) is 0 Å². The van der Waals surface area contributed by atoms with Gasteiger partial charge < -0.3 is 14.6 Å². The average molecular weight is 414 g/mol. The lowest BCUT2D eigenvalue weighted by atomic mass is 9.64. The molecule has 9 nitrogen and oxygen atoms in total. The van der Waals surface area contributed by atoms with Crippen LogP contribution in [0.3, 0.4) is 0 Å². The fourth-order valence-corrected chi connectivity index (χ4v) is 4.89. The van der Waals surface area contributed by atoms with Crippen molar-refractivity contribution in [3.05, 3.63) is 47.4 Å². The quantitative estimate of drug-likeness (QED) is 0.704. The SMILES string of the molecule is Cc1nnc([C@@]23C[C@H](C)C[C@@H](C2)N3C(=O)Nc2ccc(Cl)c(-n3nccn3)c2)o1. The van der Waals surface area contributed by atoms with Crippen LogP contribution in [0.4, 0.5) is 10.5 Å². The molecular formula is C19H20ClN7O2. The van der Waals surface area contributed by atoms with Crippen molar-refractivity contribution in [2.24, 2.45) is 5.92 Å². The second-order valence-corrected chi connectivity index (χ2v) is 8.25. The van der Waals surface area contributed by atoms with Gasteiger partial charge in [0.15, 0.2) is 0 Å². The van der Waals surface area contributed by atoms with E-state index in [4.69, 9.17) is 16.0 Å². The minimum absolute atomic E-state index is 0.158. The molecule has 150 valence electrons. The molecule has 29 heavy (non-hydrogen) atoms. The van der Waals surface area contributed by atoms with Crippen molar-refractivity contribution in [1.82, 2.24) is 30.1 Å². The number of urea groups is 1. The Morgan fingerprint density at radius 1 is 1.28 bits per heavy atom. The summed E-state index contributed by atoms with van der Waals surface area (Å²) in [5, 5.41) is 19.9. The van der Waals surface area contributed by atoms with Crippen molar-refractivity contribution >= 4 is 23.3 Å². The molecule has 5 rings (SSSR count). The summed E-state index contributed by atoms with van der Waals surface area (Å²) < 4.78 is 5.75. The van der Waals surface area contributed by atoms with Crippen LogP contribution in [-0.2, 0) is 5.54 Å². The molecule has 2 fully saturated rings. The lowest BCUT2D eigenvalue weighted by Gasteiger charge is -2.61. The molecule has 1 aromatic carbocycles. The van der Waals surface area contributed by atoms with Crippen LogP contribution in [-0.4, -0.2) is 42.2 Å². The van der Waals surface area contributed by atoms with Gasteiger partial charge in [0.2, 0.25) is 11.8 Å². The zero-order chi connectivity index (χ0) is 20.2. The fourth-order valence-electron chi connectivity index (χ4n) is 4.70. The summed E-state index contributed by atoms with van der Waals surface area (Å²) in [7, 11) is 0. The van der Waals surface area contributed by atoms with Crippen LogP contribution in [0.5, 0.6) is 0 Å². The van der Waals surface area contributed by atoms with Crippen molar-refractivity contribution in [3.63, 3.8) is 0 Å². The molecule has 1 N–H and O–H groups in total. The Balaban J connectivity index is 1.43. The molecular weight excluding hydrogens is 394 g/mol. The summed E-state index contributed by atoms with van der Waals surface area (Å²) in [6.45, 7) is 3.96. The van der Waals surface area contributed by atoms with Crippen LogP contribution < -0.4 is 5.32 Å². The van der Waals surface area contributed by atoms with Gasteiger partial charge in [-0.25, -0.2) is 4.79 Å². The molecule has 1 saturated carbocycles. The van der Waals surface area contributed by atoms with Gasteiger partial charge in [-0.1, -0.05) is 18.5 Å². The second-order valence-electron chi connectivity index (χ2n) is 7.85. The monoisotopic (exact) mass is 413 g/mol. The Hall–Kier alpha value is -2.94. The first-order valence-electron chi connectivity index (χ1n) is 9.53. The first-order chi connectivity index (χ1) is 14.0. The van der Waals surface area contributed by atoms with Gasteiger partial charge in [0.1, 0.15) is 11.2 Å². The summed E-state index contributed by atoms with van der Waals surface area (Å²) in [5.74, 6) is 1.51. The molecule has 10 heteroatoms. The zero-order valence-corrected chi connectivity index (χ0v) is 16.8. The van der Waals surface area contributed by atoms with Crippen LogP contribution >= 0.6 is 11.6 Å². The number of halogens is 1. The molecule has 3 atom stereocenters. The maximum absolute atomic E-state index is 13.2. The molecule has 0 radical (unpaired) electrons. The molecule has 1 aliphatic heterocycles. The Morgan fingerprint density at radius 3 is 2.79 bits per heavy atom. The Labute approximate surface area is 172 Å². The largest absolute Gasteiger partial charge is 0.423 e. The van der Waals surface area contributed by atoms with Gasteiger partial charge >= 0.3 is 6.03 Å². The van der Waals surface area contributed by atoms with E-state index in [0.717, 1.165) is 19.3 Å². The molecule has 2 aromatic heterocycles.